The van der Waals surface area contributed by atoms with E-state index in [1.165, 1.54) is 23.8 Å². The number of carbonyl (C=O) groups is 2. The van der Waals surface area contributed by atoms with E-state index in [0.717, 1.165) is 11.3 Å². The maximum absolute atomic E-state index is 13.2. The molecule has 6 heteroatoms. The van der Waals surface area contributed by atoms with Gasteiger partial charge >= 0.3 is 6.03 Å². The first-order chi connectivity index (χ1) is 11.9. The number of rotatable bonds is 3. The number of hydrogen-bond acceptors (Lipinski definition) is 2. The van der Waals surface area contributed by atoms with Gasteiger partial charge in [0.15, 0.2) is 0 Å². The molecule has 0 radical (unpaired) electrons. The normalized spacial score (nSPS) is 16.8. The van der Waals surface area contributed by atoms with Crippen LogP contribution in [0.15, 0.2) is 42.5 Å². The largest absolute Gasteiger partial charge is 0.333 e. The summed E-state index contributed by atoms with van der Waals surface area (Å²) in [7, 11) is 0. The molecule has 130 valence electrons. The molecule has 3 amide bonds. The van der Waals surface area contributed by atoms with Crippen LogP contribution in [0.2, 0.25) is 0 Å². The highest BCUT2D eigenvalue weighted by Gasteiger charge is 2.31. The Morgan fingerprint density at radius 1 is 1.16 bits per heavy atom. The molecule has 1 fully saturated rings. The van der Waals surface area contributed by atoms with Gasteiger partial charge in [-0.1, -0.05) is 12.1 Å². The minimum Gasteiger partial charge on any atom is -0.333 e. The van der Waals surface area contributed by atoms with E-state index >= 15 is 0 Å². The highest BCUT2D eigenvalue weighted by molar-refractivity contribution is 5.97. The van der Waals surface area contributed by atoms with Crippen molar-refractivity contribution in [1.82, 2.24) is 5.32 Å². The van der Waals surface area contributed by atoms with Gasteiger partial charge in [-0.3, -0.25) is 4.79 Å². The van der Waals surface area contributed by atoms with Crippen LogP contribution in [-0.2, 0) is 4.79 Å². The fraction of sp³-hybridized carbons (Fsp3) is 0.263. The number of amides is 3. The molecule has 1 aliphatic heterocycles. The Bertz CT molecular complexity index is 822. The Morgan fingerprint density at radius 2 is 1.96 bits per heavy atom. The van der Waals surface area contributed by atoms with Crippen LogP contribution < -0.4 is 15.5 Å². The van der Waals surface area contributed by atoms with E-state index in [2.05, 4.69) is 10.6 Å². The van der Waals surface area contributed by atoms with Crippen LogP contribution in [0.5, 0.6) is 0 Å². The number of anilines is 2. The summed E-state index contributed by atoms with van der Waals surface area (Å²) in [5, 5.41) is 5.34. The summed E-state index contributed by atoms with van der Waals surface area (Å²) in [6.07, 6.45) is 0.240. The van der Waals surface area contributed by atoms with Gasteiger partial charge in [0.2, 0.25) is 5.91 Å². The van der Waals surface area contributed by atoms with E-state index in [9.17, 15) is 14.0 Å². The molecule has 25 heavy (non-hydrogen) atoms. The quantitative estimate of drug-likeness (QED) is 0.899. The molecule has 2 aromatic rings. The van der Waals surface area contributed by atoms with Crippen molar-refractivity contribution in [1.29, 1.82) is 0 Å². The lowest BCUT2D eigenvalue weighted by atomic mass is 10.1. The van der Waals surface area contributed by atoms with Gasteiger partial charge in [-0.2, -0.15) is 0 Å². The Kier molecular flexibility index (Phi) is 4.70. The minimum atomic E-state index is -0.453. The van der Waals surface area contributed by atoms with Crippen LogP contribution in [-0.4, -0.2) is 24.5 Å². The topological polar surface area (TPSA) is 61.4 Å². The number of hydrogen-bond donors (Lipinski definition) is 2. The molecule has 0 unspecified atom stereocenters. The predicted octanol–water partition coefficient (Wildman–Crippen LogP) is 3.37. The number of benzene rings is 2. The third-order valence-corrected chi connectivity index (χ3v) is 4.34. The van der Waals surface area contributed by atoms with Crippen molar-refractivity contribution in [2.45, 2.75) is 26.3 Å². The van der Waals surface area contributed by atoms with Gasteiger partial charge in [0.25, 0.3) is 0 Å². The molecule has 0 aromatic heterocycles. The Labute approximate surface area is 145 Å². The summed E-state index contributed by atoms with van der Waals surface area (Å²) in [6.45, 7) is 4.44. The molecule has 3 rings (SSSR count). The summed E-state index contributed by atoms with van der Waals surface area (Å²) >= 11 is 0. The van der Waals surface area contributed by atoms with Crippen molar-refractivity contribution >= 4 is 23.3 Å². The molecule has 0 spiro atoms. The SMILES string of the molecule is Cc1ccc(N2C[C@@H](NC(=O)Nc3cccc(F)c3)CC2=O)cc1C. The zero-order valence-corrected chi connectivity index (χ0v) is 14.2. The van der Waals surface area contributed by atoms with E-state index in [1.807, 2.05) is 32.0 Å². The lowest BCUT2D eigenvalue weighted by Gasteiger charge is -2.18. The lowest BCUT2D eigenvalue weighted by Crippen LogP contribution is -2.39. The second kappa shape index (κ2) is 6.93. The van der Waals surface area contributed by atoms with Crippen molar-refractivity contribution in [3.05, 3.63) is 59.4 Å². The number of nitrogens with one attached hydrogen (secondary N) is 2. The maximum Gasteiger partial charge on any atom is 0.319 e. The average molecular weight is 341 g/mol. The van der Waals surface area contributed by atoms with Gasteiger partial charge in [0.1, 0.15) is 5.82 Å². The molecule has 1 aliphatic rings. The van der Waals surface area contributed by atoms with Gasteiger partial charge in [-0.25, -0.2) is 9.18 Å². The first kappa shape index (κ1) is 17.0. The predicted molar refractivity (Wildman–Crippen MR) is 95.2 cm³/mol. The van der Waals surface area contributed by atoms with Gasteiger partial charge in [0.05, 0.1) is 6.04 Å². The van der Waals surface area contributed by atoms with E-state index in [0.29, 0.717) is 12.2 Å². The summed E-state index contributed by atoms with van der Waals surface area (Å²) in [5.41, 5.74) is 3.49. The number of carbonyl (C=O) groups excluding carboxylic acids is 2. The summed E-state index contributed by atoms with van der Waals surface area (Å²) in [6, 6.07) is 10.8. The standard InChI is InChI=1S/C19H20FN3O2/c1-12-6-7-17(8-13(12)2)23-11-16(10-18(23)24)22-19(25)21-15-5-3-4-14(20)9-15/h3-9,16H,10-11H2,1-2H3,(H2,21,22,25)/t16-/m0/s1. The molecule has 1 heterocycles. The molecule has 2 aromatic carbocycles. The molecule has 0 saturated carbocycles. The van der Waals surface area contributed by atoms with Gasteiger partial charge in [-0.05, 0) is 55.3 Å². The number of urea groups is 1. The third kappa shape index (κ3) is 3.96. The van der Waals surface area contributed by atoms with Crippen molar-refractivity contribution in [3.63, 3.8) is 0 Å². The second-order valence-electron chi connectivity index (χ2n) is 6.28. The van der Waals surface area contributed by atoms with E-state index < -0.39 is 11.8 Å². The zero-order valence-electron chi connectivity index (χ0n) is 14.2. The van der Waals surface area contributed by atoms with E-state index in [-0.39, 0.29) is 18.4 Å². The highest BCUT2D eigenvalue weighted by Crippen LogP contribution is 2.24. The molecule has 1 saturated heterocycles. The molecule has 0 aliphatic carbocycles. The smallest absolute Gasteiger partial charge is 0.319 e. The third-order valence-electron chi connectivity index (χ3n) is 4.34. The van der Waals surface area contributed by atoms with Crippen molar-refractivity contribution in [2.24, 2.45) is 0 Å². The average Bonchev–Trinajstić information content (AvgIpc) is 2.90. The molecular formula is C19H20FN3O2. The van der Waals surface area contributed by atoms with Crippen LogP contribution >= 0.6 is 0 Å². The van der Waals surface area contributed by atoms with Crippen LogP contribution in [0, 0.1) is 19.7 Å². The first-order valence-corrected chi connectivity index (χ1v) is 8.13. The molecular weight excluding hydrogens is 321 g/mol. The second-order valence-corrected chi connectivity index (χ2v) is 6.28. The fourth-order valence-corrected chi connectivity index (χ4v) is 2.87. The van der Waals surface area contributed by atoms with Crippen LogP contribution in [0.1, 0.15) is 17.5 Å². The molecule has 2 N–H and O–H groups in total. The Hall–Kier alpha value is -2.89. The zero-order chi connectivity index (χ0) is 18.0. The highest BCUT2D eigenvalue weighted by atomic mass is 19.1. The van der Waals surface area contributed by atoms with Crippen molar-refractivity contribution < 1.29 is 14.0 Å². The van der Waals surface area contributed by atoms with Gasteiger partial charge in [0, 0.05) is 24.3 Å². The monoisotopic (exact) mass is 341 g/mol. The van der Waals surface area contributed by atoms with Crippen LogP contribution in [0.3, 0.4) is 0 Å². The summed E-state index contributed by atoms with van der Waals surface area (Å²) in [4.78, 5) is 26.0. The molecule has 5 nitrogen and oxygen atoms in total. The Balaban J connectivity index is 1.62. The van der Waals surface area contributed by atoms with Crippen LogP contribution in [0.4, 0.5) is 20.6 Å². The molecule has 1 atom stereocenters. The van der Waals surface area contributed by atoms with Gasteiger partial charge < -0.3 is 15.5 Å². The number of nitrogens with zero attached hydrogens (tertiary/aromatic N) is 1. The number of aryl methyl sites for hydroxylation is 2. The molecule has 0 bridgehead atoms. The van der Waals surface area contributed by atoms with Gasteiger partial charge in [-0.15, -0.1) is 0 Å². The number of halogens is 1. The summed E-state index contributed by atoms with van der Waals surface area (Å²) < 4.78 is 13.2. The lowest BCUT2D eigenvalue weighted by molar-refractivity contribution is -0.117. The maximum atomic E-state index is 13.2. The Morgan fingerprint density at radius 3 is 2.68 bits per heavy atom. The fourth-order valence-electron chi connectivity index (χ4n) is 2.87. The van der Waals surface area contributed by atoms with Crippen LogP contribution in [0.25, 0.3) is 0 Å². The first-order valence-electron chi connectivity index (χ1n) is 8.13. The van der Waals surface area contributed by atoms with E-state index in [4.69, 9.17) is 0 Å². The van der Waals surface area contributed by atoms with Crippen molar-refractivity contribution in [2.75, 3.05) is 16.8 Å². The van der Waals surface area contributed by atoms with Crippen molar-refractivity contribution in [3.8, 4) is 0 Å². The summed E-state index contributed by atoms with van der Waals surface area (Å²) in [5.74, 6) is -0.450. The minimum absolute atomic E-state index is 0.0284. The van der Waals surface area contributed by atoms with E-state index in [1.54, 1.807) is 11.0 Å².